The van der Waals surface area contributed by atoms with Gasteiger partial charge < -0.3 is 42.6 Å². The first-order valence-corrected chi connectivity index (χ1v) is 21.1. The van der Waals surface area contributed by atoms with Gasteiger partial charge in [0.25, 0.3) is 0 Å². The van der Waals surface area contributed by atoms with Crippen LogP contribution >= 0.6 is 0 Å². The number of hydrogen-bond donors (Lipinski definition) is 0. The molecule has 0 bridgehead atoms. The third-order valence-electron chi connectivity index (χ3n) is 8.51. The highest BCUT2D eigenvalue weighted by Gasteiger charge is 1.98. The van der Waals surface area contributed by atoms with Crippen LogP contribution in [0.2, 0.25) is 0 Å². The summed E-state index contributed by atoms with van der Waals surface area (Å²) in [5.41, 5.74) is 0. The molecule has 0 fully saturated rings. The van der Waals surface area contributed by atoms with Crippen molar-refractivity contribution in [1.82, 2.24) is 0 Å². The maximum atomic E-state index is 5.70. The van der Waals surface area contributed by atoms with Gasteiger partial charge in [0, 0.05) is 13.2 Å². The normalized spacial score (nSPS) is 11.6. The van der Waals surface area contributed by atoms with Gasteiger partial charge in [0.05, 0.1) is 106 Å². The van der Waals surface area contributed by atoms with E-state index in [9.17, 15) is 0 Å². The molecule has 0 radical (unpaired) electrons. The highest BCUT2D eigenvalue weighted by molar-refractivity contribution is 4.50. The molecule has 0 aromatic heterocycles. The summed E-state index contributed by atoms with van der Waals surface area (Å²) in [6.07, 6.45) is 28.6. The molecule has 9 nitrogen and oxygen atoms in total. The Bertz CT molecular complexity index is 522. The van der Waals surface area contributed by atoms with Gasteiger partial charge in [0.1, 0.15) is 0 Å². The van der Waals surface area contributed by atoms with Crippen molar-refractivity contribution >= 4 is 0 Å². The van der Waals surface area contributed by atoms with E-state index < -0.39 is 0 Å². The molecule has 0 N–H and O–H groups in total. The van der Waals surface area contributed by atoms with Crippen LogP contribution in [-0.2, 0) is 42.6 Å². The zero-order chi connectivity index (χ0) is 35.9. The van der Waals surface area contributed by atoms with E-state index in [-0.39, 0.29) is 0 Å². The predicted octanol–water partition coefficient (Wildman–Crippen LogP) is 9.37. The molecule has 0 saturated carbocycles. The van der Waals surface area contributed by atoms with Crippen LogP contribution in [0.3, 0.4) is 0 Å². The average Bonchev–Trinajstić information content (AvgIpc) is 3.13. The maximum absolute atomic E-state index is 5.70. The Morgan fingerprint density at radius 2 is 0.300 bits per heavy atom. The lowest BCUT2D eigenvalue weighted by atomic mass is 10.0. The van der Waals surface area contributed by atoms with Crippen LogP contribution in [-0.4, -0.2) is 119 Å². The molecule has 0 spiro atoms. The molecule has 0 aromatic carbocycles. The number of rotatable bonds is 47. The Morgan fingerprint density at radius 3 is 0.480 bits per heavy atom. The second-order valence-corrected chi connectivity index (χ2v) is 13.2. The molecule has 0 rings (SSSR count). The fourth-order valence-corrected chi connectivity index (χ4v) is 5.42. The largest absolute Gasteiger partial charge is 0.379 e. The molecule has 0 aliphatic heterocycles. The molecule has 9 heteroatoms. The first-order chi connectivity index (χ1) is 24.9. The molecule has 0 saturated heterocycles. The van der Waals surface area contributed by atoms with E-state index in [1.807, 2.05) is 0 Å². The van der Waals surface area contributed by atoms with Crippen molar-refractivity contribution in [1.29, 1.82) is 0 Å². The summed E-state index contributed by atoms with van der Waals surface area (Å²) >= 11 is 0. The SMILES string of the molecule is CCCCCCCCCCCCCCCCCCOCCOCCOCCOCCOCCOCCOCCOCCOCCCCCCC. The summed E-state index contributed by atoms with van der Waals surface area (Å²) in [7, 11) is 0. The summed E-state index contributed by atoms with van der Waals surface area (Å²) in [6, 6.07) is 0. The van der Waals surface area contributed by atoms with Gasteiger partial charge in [-0.25, -0.2) is 0 Å². The molecule has 0 unspecified atom stereocenters. The van der Waals surface area contributed by atoms with E-state index in [4.69, 9.17) is 42.6 Å². The lowest BCUT2D eigenvalue weighted by Crippen LogP contribution is -2.15. The van der Waals surface area contributed by atoms with Crippen molar-refractivity contribution < 1.29 is 42.6 Å². The van der Waals surface area contributed by atoms with E-state index in [1.165, 1.54) is 122 Å². The topological polar surface area (TPSA) is 83.1 Å². The lowest BCUT2D eigenvalue weighted by Gasteiger charge is -2.09. The Balaban J connectivity index is 3.04. The molecular weight excluding hydrogens is 636 g/mol. The zero-order valence-corrected chi connectivity index (χ0v) is 33.3. The van der Waals surface area contributed by atoms with E-state index >= 15 is 0 Å². The van der Waals surface area contributed by atoms with Crippen LogP contribution in [0.15, 0.2) is 0 Å². The average molecular weight is 721 g/mol. The van der Waals surface area contributed by atoms with Gasteiger partial charge in [0.15, 0.2) is 0 Å². The first kappa shape index (κ1) is 49.6. The van der Waals surface area contributed by atoms with E-state index in [1.54, 1.807) is 0 Å². The fraction of sp³-hybridized carbons (Fsp3) is 1.00. The van der Waals surface area contributed by atoms with Crippen LogP contribution < -0.4 is 0 Å². The number of unbranched alkanes of at least 4 members (excludes halogenated alkanes) is 19. The Kier molecular flexibility index (Phi) is 48.3. The summed E-state index contributed by atoms with van der Waals surface area (Å²) in [5, 5.41) is 0. The van der Waals surface area contributed by atoms with Crippen LogP contribution in [0.25, 0.3) is 0 Å². The standard InChI is InChI=1S/C41H84O9/c1-3-5-7-9-10-11-12-13-14-15-16-17-18-19-21-23-25-43-27-29-45-31-33-47-35-37-49-39-41-50-40-38-48-36-34-46-32-30-44-28-26-42-24-22-20-8-6-4-2/h3-41H2,1-2H3. The van der Waals surface area contributed by atoms with Gasteiger partial charge in [-0.3, -0.25) is 0 Å². The lowest BCUT2D eigenvalue weighted by molar-refractivity contribution is -0.0250. The highest BCUT2D eigenvalue weighted by Crippen LogP contribution is 2.13. The van der Waals surface area contributed by atoms with Crippen LogP contribution in [0.1, 0.15) is 149 Å². The molecule has 0 aromatic rings. The highest BCUT2D eigenvalue weighted by atomic mass is 16.6. The maximum Gasteiger partial charge on any atom is 0.0701 e. The van der Waals surface area contributed by atoms with Crippen molar-refractivity contribution in [2.75, 3.05) is 119 Å². The monoisotopic (exact) mass is 721 g/mol. The summed E-state index contributed by atoms with van der Waals surface area (Å²) in [4.78, 5) is 0. The van der Waals surface area contributed by atoms with Crippen LogP contribution in [0.4, 0.5) is 0 Å². The zero-order valence-electron chi connectivity index (χ0n) is 33.3. The van der Waals surface area contributed by atoms with Crippen LogP contribution in [0, 0.1) is 0 Å². The van der Waals surface area contributed by atoms with E-state index in [0.717, 1.165) is 26.1 Å². The molecule has 0 aliphatic rings. The Hall–Kier alpha value is -0.360. The van der Waals surface area contributed by atoms with Gasteiger partial charge >= 0.3 is 0 Å². The molecule has 0 atom stereocenters. The molecule has 0 amide bonds. The Morgan fingerprint density at radius 1 is 0.160 bits per heavy atom. The van der Waals surface area contributed by atoms with Crippen molar-refractivity contribution in [3.8, 4) is 0 Å². The third-order valence-corrected chi connectivity index (χ3v) is 8.51. The summed E-state index contributed by atoms with van der Waals surface area (Å²) in [5.74, 6) is 0. The molecular formula is C41H84O9. The molecule has 50 heavy (non-hydrogen) atoms. The smallest absolute Gasteiger partial charge is 0.0701 e. The van der Waals surface area contributed by atoms with Gasteiger partial charge in [-0.05, 0) is 12.8 Å². The number of hydrogen-bond acceptors (Lipinski definition) is 9. The summed E-state index contributed by atoms with van der Waals surface area (Å²) in [6.45, 7) is 15.4. The minimum Gasteiger partial charge on any atom is -0.379 e. The second kappa shape index (κ2) is 48.6. The quantitative estimate of drug-likeness (QED) is 0.0571. The predicted molar refractivity (Wildman–Crippen MR) is 206 cm³/mol. The third kappa shape index (κ3) is 47.6. The minimum absolute atomic E-state index is 0.544. The molecule has 0 aliphatic carbocycles. The fourth-order valence-electron chi connectivity index (χ4n) is 5.42. The van der Waals surface area contributed by atoms with Crippen molar-refractivity contribution in [3.63, 3.8) is 0 Å². The second-order valence-electron chi connectivity index (χ2n) is 13.2. The number of ether oxygens (including phenoxy) is 9. The van der Waals surface area contributed by atoms with E-state index in [0.29, 0.717) is 106 Å². The van der Waals surface area contributed by atoms with Gasteiger partial charge in [-0.15, -0.1) is 0 Å². The summed E-state index contributed by atoms with van der Waals surface area (Å²) < 4.78 is 50.0. The van der Waals surface area contributed by atoms with E-state index in [2.05, 4.69) is 13.8 Å². The Labute approximate surface area is 309 Å². The van der Waals surface area contributed by atoms with Crippen molar-refractivity contribution in [3.05, 3.63) is 0 Å². The molecule has 0 heterocycles. The van der Waals surface area contributed by atoms with Crippen molar-refractivity contribution in [2.45, 2.75) is 149 Å². The minimum atomic E-state index is 0.544. The van der Waals surface area contributed by atoms with Gasteiger partial charge in [-0.2, -0.15) is 0 Å². The van der Waals surface area contributed by atoms with Crippen LogP contribution in [0.5, 0.6) is 0 Å². The van der Waals surface area contributed by atoms with Crippen molar-refractivity contribution in [2.24, 2.45) is 0 Å². The first-order valence-electron chi connectivity index (χ1n) is 21.1. The van der Waals surface area contributed by atoms with Gasteiger partial charge in [0.2, 0.25) is 0 Å². The molecule has 302 valence electrons. The van der Waals surface area contributed by atoms with Gasteiger partial charge in [-0.1, -0.05) is 136 Å².